The molecule has 90 valence electrons. The molecule has 0 aliphatic heterocycles. The largest absolute Gasteiger partial charge is 0.505 e. The summed E-state index contributed by atoms with van der Waals surface area (Å²) in [6.45, 7) is 0. The van der Waals surface area contributed by atoms with E-state index >= 15 is 0 Å². The van der Waals surface area contributed by atoms with Crippen molar-refractivity contribution in [2.24, 2.45) is 0 Å². The van der Waals surface area contributed by atoms with Crippen LogP contribution in [0.1, 0.15) is 0 Å². The highest BCUT2D eigenvalue weighted by atomic mass is 32.2. The molecule has 17 heavy (non-hydrogen) atoms. The molecule has 0 bridgehead atoms. The second-order valence-electron chi connectivity index (χ2n) is 3.55. The van der Waals surface area contributed by atoms with Crippen molar-refractivity contribution >= 4 is 32.3 Å². The van der Waals surface area contributed by atoms with Gasteiger partial charge in [0.2, 0.25) is 0 Å². The third kappa shape index (κ3) is 1.75. The van der Waals surface area contributed by atoms with Gasteiger partial charge in [0.1, 0.15) is 10.6 Å². The maximum Gasteiger partial charge on any atom is 0.295 e. The SMILES string of the molecule is Nc1ccc2c(S(=O)(=O)O)ccc(N)c2c1O. The predicted molar refractivity (Wildman–Crippen MR) is 64.3 cm³/mol. The van der Waals surface area contributed by atoms with Crippen molar-refractivity contribution < 1.29 is 18.1 Å². The minimum atomic E-state index is -4.38. The summed E-state index contributed by atoms with van der Waals surface area (Å²) >= 11 is 0. The van der Waals surface area contributed by atoms with Crippen LogP contribution >= 0.6 is 0 Å². The van der Waals surface area contributed by atoms with Gasteiger partial charge in [-0.2, -0.15) is 8.42 Å². The first kappa shape index (κ1) is 11.5. The van der Waals surface area contributed by atoms with E-state index in [4.69, 9.17) is 16.0 Å². The number of aromatic hydroxyl groups is 1. The van der Waals surface area contributed by atoms with Crippen LogP contribution in [0.3, 0.4) is 0 Å². The fraction of sp³-hybridized carbons (Fsp3) is 0. The number of nitrogen functional groups attached to an aromatic ring is 2. The van der Waals surface area contributed by atoms with E-state index in [1.807, 2.05) is 0 Å². The summed E-state index contributed by atoms with van der Waals surface area (Å²) in [5, 5.41) is 9.98. The van der Waals surface area contributed by atoms with Crippen LogP contribution in [0.2, 0.25) is 0 Å². The number of fused-ring (bicyclic) bond motifs is 1. The summed E-state index contributed by atoms with van der Waals surface area (Å²) < 4.78 is 31.4. The third-order valence-corrected chi connectivity index (χ3v) is 3.37. The summed E-state index contributed by atoms with van der Waals surface area (Å²) in [5.74, 6) is -0.300. The van der Waals surface area contributed by atoms with Crippen molar-refractivity contribution in [1.29, 1.82) is 0 Å². The lowest BCUT2D eigenvalue weighted by Gasteiger charge is -2.09. The number of hydrogen-bond acceptors (Lipinski definition) is 5. The highest BCUT2D eigenvalue weighted by Gasteiger charge is 2.17. The molecule has 0 saturated heterocycles. The molecule has 0 atom stereocenters. The highest BCUT2D eigenvalue weighted by Crippen LogP contribution is 2.37. The van der Waals surface area contributed by atoms with Crippen LogP contribution in [0.15, 0.2) is 29.2 Å². The molecule has 7 heteroatoms. The summed E-state index contributed by atoms with van der Waals surface area (Å²) in [5.41, 5.74) is 11.4. The van der Waals surface area contributed by atoms with Gasteiger partial charge >= 0.3 is 0 Å². The van der Waals surface area contributed by atoms with Gasteiger partial charge in [-0.1, -0.05) is 6.07 Å². The molecule has 0 spiro atoms. The van der Waals surface area contributed by atoms with Crippen LogP contribution in [0.25, 0.3) is 10.8 Å². The van der Waals surface area contributed by atoms with Crippen LogP contribution in [0, 0.1) is 0 Å². The van der Waals surface area contributed by atoms with Crippen LogP contribution in [-0.2, 0) is 10.1 Å². The van der Waals surface area contributed by atoms with Gasteiger partial charge in [-0.25, -0.2) is 0 Å². The molecule has 0 fully saturated rings. The number of phenols is 1. The minimum absolute atomic E-state index is 0.0803. The maximum absolute atomic E-state index is 11.2. The molecule has 0 saturated carbocycles. The van der Waals surface area contributed by atoms with Gasteiger partial charge in [-0.05, 0) is 18.2 Å². The molecule has 0 amide bonds. The summed E-state index contributed by atoms with van der Waals surface area (Å²) in [7, 11) is -4.38. The van der Waals surface area contributed by atoms with Crippen molar-refractivity contribution in [1.82, 2.24) is 0 Å². The number of benzene rings is 2. The van der Waals surface area contributed by atoms with E-state index in [1.165, 1.54) is 24.3 Å². The van der Waals surface area contributed by atoms with Gasteiger partial charge in [0.05, 0.1) is 11.1 Å². The van der Waals surface area contributed by atoms with Crippen molar-refractivity contribution in [2.45, 2.75) is 4.90 Å². The summed E-state index contributed by atoms with van der Waals surface area (Å²) in [6, 6.07) is 5.17. The number of phenolic OH excluding ortho intramolecular Hbond substituents is 1. The summed E-state index contributed by atoms with van der Waals surface area (Å²) in [6.07, 6.45) is 0. The van der Waals surface area contributed by atoms with Gasteiger partial charge in [-0.15, -0.1) is 0 Å². The Morgan fingerprint density at radius 3 is 2.18 bits per heavy atom. The highest BCUT2D eigenvalue weighted by molar-refractivity contribution is 7.86. The quantitative estimate of drug-likeness (QED) is 0.341. The fourth-order valence-corrected chi connectivity index (χ4v) is 2.36. The van der Waals surface area contributed by atoms with Gasteiger partial charge in [-0.3, -0.25) is 4.55 Å². The van der Waals surface area contributed by atoms with Crippen LogP contribution < -0.4 is 11.5 Å². The Morgan fingerprint density at radius 2 is 1.59 bits per heavy atom. The second-order valence-corrected chi connectivity index (χ2v) is 4.94. The first-order chi connectivity index (χ1) is 7.82. The Hall–Kier alpha value is -1.99. The summed E-state index contributed by atoms with van der Waals surface area (Å²) in [4.78, 5) is -0.322. The Kier molecular flexibility index (Phi) is 2.37. The average molecular weight is 254 g/mol. The van der Waals surface area contributed by atoms with Crippen molar-refractivity contribution in [3.63, 3.8) is 0 Å². The zero-order valence-electron chi connectivity index (χ0n) is 8.58. The first-order valence-corrected chi connectivity index (χ1v) is 6.03. The van der Waals surface area contributed by atoms with Crippen LogP contribution in [0.5, 0.6) is 5.75 Å². The maximum atomic E-state index is 11.2. The molecule has 2 rings (SSSR count). The van der Waals surface area contributed by atoms with E-state index in [9.17, 15) is 13.5 Å². The molecule has 0 heterocycles. The molecule has 2 aromatic rings. The topological polar surface area (TPSA) is 127 Å². The minimum Gasteiger partial charge on any atom is -0.505 e. The Balaban J connectivity index is 3.04. The van der Waals surface area contributed by atoms with E-state index in [0.717, 1.165) is 0 Å². The van der Waals surface area contributed by atoms with Gasteiger partial charge < -0.3 is 16.6 Å². The standard InChI is InChI=1S/C10H10N2O4S/c11-6-3-4-8(17(14,15)16)5-1-2-7(12)10(13)9(5)6/h1-4,13H,11-12H2,(H,14,15,16). The van der Waals surface area contributed by atoms with Gasteiger partial charge in [0.25, 0.3) is 10.1 Å². The van der Waals surface area contributed by atoms with E-state index < -0.39 is 10.1 Å². The zero-order chi connectivity index (χ0) is 12.8. The second kappa shape index (κ2) is 3.51. The molecule has 0 radical (unpaired) electrons. The Bertz CT molecular complexity index is 710. The molecule has 6 nitrogen and oxygen atoms in total. The molecule has 0 unspecified atom stereocenters. The van der Waals surface area contributed by atoms with E-state index in [-0.39, 0.29) is 32.8 Å². The Morgan fingerprint density at radius 1 is 1.00 bits per heavy atom. The first-order valence-electron chi connectivity index (χ1n) is 4.59. The number of nitrogens with two attached hydrogens (primary N) is 2. The molecule has 0 aliphatic carbocycles. The lowest BCUT2D eigenvalue weighted by molar-refractivity contribution is 0.483. The van der Waals surface area contributed by atoms with Crippen LogP contribution in [-0.4, -0.2) is 18.1 Å². The van der Waals surface area contributed by atoms with E-state index in [2.05, 4.69) is 0 Å². The number of anilines is 2. The molecule has 6 N–H and O–H groups in total. The molecular formula is C10H10N2O4S. The molecular weight excluding hydrogens is 244 g/mol. The van der Waals surface area contributed by atoms with Crippen molar-refractivity contribution in [2.75, 3.05) is 11.5 Å². The monoisotopic (exact) mass is 254 g/mol. The number of rotatable bonds is 1. The third-order valence-electron chi connectivity index (χ3n) is 2.46. The zero-order valence-corrected chi connectivity index (χ0v) is 9.40. The van der Waals surface area contributed by atoms with Gasteiger partial charge in [0, 0.05) is 11.1 Å². The van der Waals surface area contributed by atoms with Crippen molar-refractivity contribution in [3.05, 3.63) is 24.3 Å². The lowest BCUT2D eigenvalue weighted by atomic mass is 10.1. The normalized spacial score (nSPS) is 11.8. The molecule has 0 aromatic heterocycles. The van der Waals surface area contributed by atoms with Gasteiger partial charge in [0.15, 0.2) is 0 Å². The van der Waals surface area contributed by atoms with E-state index in [1.54, 1.807) is 0 Å². The lowest BCUT2D eigenvalue weighted by Crippen LogP contribution is -2.01. The molecule has 0 aliphatic rings. The van der Waals surface area contributed by atoms with Crippen molar-refractivity contribution in [3.8, 4) is 5.75 Å². The Labute approximate surface area is 97.2 Å². The van der Waals surface area contributed by atoms with E-state index in [0.29, 0.717) is 0 Å². The van der Waals surface area contributed by atoms with Crippen LogP contribution in [0.4, 0.5) is 11.4 Å². The average Bonchev–Trinajstić information content (AvgIpc) is 2.21. The fourth-order valence-electron chi connectivity index (χ4n) is 1.67. The predicted octanol–water partition coefficient (Wildman–Crippen LogP) is 0.956. The number of hydrogen-bond donors (Lipinski definition) is 4. The molecule has 2 aromatic carbocycles. The smallest absolute Gasteiger partial charge is 0.295 e.